The van der Waals surface area contributed by atoms with Crippen molar-refractivity contribution < 1.29 is 4.79 Å². The minimum absolute atomic E-state index is 0.253. The van der Waals surface area contributed by atoms with Crippen LogP contribution >= 0.6 is 23.2 Å². The smallest absolute Gasteiger partial charge is 0.318 e. The van der Waals surface area contributed by atoms with Crippen LogP contribution in [0.2, 0.25) is 10.0 Å². The highest BCUT2D eigenvalue weighted by atomic mass is 35.5. The summed E-state index contributed by atoms with van der Waals surface area (Å²) in [5, 5.41) is 6.77. The molecule has 0 spiro atoms. The van der Waals surface area contributed by atoms with Gasteiger partial charge in [-0.15, -0.1) is 0 Å². The molecule has 2 aromatic carbocycles. The summed E-state index contributed by atoms with van der Waals surface area (Å²) in [6.45, 7) is 0.549. The number of urea groups is 1. The van der Waals surface area contributed by atoms with Crippen molar-refractivity contribution in [3.05, 3.63) is 75.9 Å². The largest absolute Gasteiger partial charge is 0.338 e. The van der Waals surface area contributed by atoms with E-state index in [1.165, 1.54) is 0 Å². The molecule has 2 aromatic rings. The van der Waals surface area contributed by atoms with Crippen LogP contribution < -0.4 is 10.6 Å². The molecular weight excluding hydrogens is 319 g/mol. The lowest BCUT2D eigenvalue weighted by Gasteiger charge is -2.05. The lowest BCUT2D eigenvalue weighted by molar-refractivity contribution is 0.244. The summed E-state index contributed by atoms with van der Waals surface area (Å²) in [7, 11) is 0. The first kappa shape index (κ1) is 16.4. The Bertz CT molecular complexity index is 654. The first-order valence-electron chi connectivity index (χ1n) is 6.85. The van der Waals surface area contributed by atoms with Crippen LogP contribution in [0.3, 0.4) is 0 Å². The number of hydrogen-bond donors (Lipinski definition) is 2. The molecule has 0 aliphatic rings. The molecule has 0 fully saturated rings. The number of hydrogen-bond acceptors (Lipinski definition) is 1. The molecule has 5 heteroatoms. The number of rotatable bonds is 5. The summed E-state index contributed by atoms with van der Waals surface area (Å²) >= 11 is 11.8. The molecule has 0 radical (unpaired) electrons. The average molecular weight is 335 g/mol. The highest BCUT2D eigenvalue weighted by molar-refractivity contribution is 6.32. The van der Waals surface area contributed by atoms with Gasteiger partial charge in [-0.25, -0.2) is 4.79 Å². The van der Waals surface area contributed by atoms with E-state index in [0.717, 1.165) is 17.5 Å². The lowest BCUT2D eigenvalue weighted by Crippen LogP contribution is -2.33. The van der Waals surface area contributed by atoms with E-state index in [1.54, 1.807) is 18.3 Å². The zero-order chi connectivity index (χ0) is 15.8. The molecule has 114 valence electrons. The second kappa shape index (κ2) is 8.47. The van der Waals surface area contributed by atoms with Gasteiger partial charge in [0.15, 0.2) is 0 Å². The molecule has 0 saturated heterocycles. The first-order valence-corrected chi connectivity index (χ1v) is 7.60. The van der Waals surface area contributed by atoms with Gasteiger partial charge in [0.25, 0.3) is 0 Å². The molecule has 2 N–H and O–H groups in total. The predicted octanol–water partition coefficient (Wildman–Crippen LogP) is 4.51. The lowest BCUT2D eigenvalue weighted by atomic mass is 10.1. The van der Waals surface area contributed by atoms with E-state index in [4.69, 9.17) is 23.2 Å². The van der Waals surface area contributed by atoms with Gasteiger partial charge < -0.3 is 10.6 Å². The number of carbonyl (C=O) groups excluding carboxylic acids is 1. The molecule has 0 atom stereocenters. The Morgan fingerprint density at radius 2 is 1.77 bits per heavy atom. The fraction of sp³-hybridized carbons (Fsp3) is 0.118. The standard InChI is InChI=1S/C17H16Cl2N2O/c18-15-7-5-13(6-8-15)9-11-20-17(22)21-12-10-14-3-1-2-4-16(14)19/h1-8,10,12H,9,11H2,(H2,20,21,22)/b12-10+. The summed E-state index contributed by atoms with van der Waals surface area (Å²) in [6, 6.07) is 14.7. The topological polar surface area (TPSA) is 41.1 Å². The van der Waals surface area contributed by atoms with E-state index in [-0.39, 0.29) is 6.03 Å². The van der Waals surface area contributed by atoms with Crippen LogP contribution in [0.4, 0.5) is 4.79 Å². The van der Waals surface area contributed by atoms with Crippen LogP contribution in [0.1, 0.15) is 11.1 Å². The van der Waals surface area contributed by atoms with E-state index in [1.807, 2.05) is 42.5 Å². The molecule has 2 rings (SSSR count). The van der Waals surface area contributed by atoms with Gasteiger partial charge >= 0.3 is 6.03 Å². The number of amides is 2. The molecule has 0 aliphatic carbocycles. The number of carbonyl (C=O) groups is 1. The quantitative estimate of drug-likeness (QED) is 0.830. The van der Waals surface area contributed by atoms with Crippen molar-refractivity contribution in [3.63, 3.8) is 0 Å². The van der Waals surface area contributed by atoms with Gasteiger partial charge in [-0.2, -0.15) is 0 Å². The second-order valence-corrected chi connectivity index (χ2v) is 5.48. The first-order chi connectivity index (χ1) is 10.6. The summed E-state index contributed by atoms with van der Waals surface area (Å²) in [4.78, 5) is 11.6. The van der Waals surface area contributed by atoms with Crippen molar-refractivity contribution >= 4 is 35.3 Å². The zero-order valence-corrected chi connectivity index (χ0v) is 13.4. The average Bonchev–Trinajstić information content (AvgIpc) is 2.51. The van der Waals surface area contributed by atoms with Gasteiger partial charge in [0.05, 0.1) is 0 Å². The van der Waals surface area contributed by atoms with Crippen molar-refractivity contribution in [2.75, 3.05) is 6.54 Å². The highest BCUT2D eigenvalue weighted by Gasteiger charge is 1.98. The third kappa shape index (κ3) is 5.43. The molecular formula is C17H16Cl2N2O. The summed E-state index contributed by atoms with van der Waals surface area (Å²) in [6.07, 6.45) is 4.07. The van der Waals surface area contributed by atoms with Crippen molar-refractivity contribution in [1.82, 2.24) is 10.6 Å². The van der Waals surface area contributed by atoms with Crippen molar-refractivity contribution in [1.29, 1.82) is 0 Å². The van der Waals surface area contributed by atoms with Gasteiger partial charge in [-0.1, -0.05) is 53.5 Å². The van der Waals surface area contributed by atoms with Gasteiger partial charge in [-0.3, -0.25) is 0 Å². The summed E-state index contributed by atoms with van der Waals surface area (Å²) in [5.74, 6) is 0. The third-order valence-electron chi connectivity index (χ3n) is 3.00. The van der Waals surface area contributed by atoms with Gasteiger partial charge in [0.1, 0.15) is 0 Å². The minimum atomic E-state index is -0.253. The fourth-order valence-electron chi connectivity index (χ4n) is 1.84. The van der Waals surface area contributed by atoms with Gasteiger partial charge in [0.2, 0.25) is 0 Å². The van der Waals surface area contributed by atoms with E-state index in [2.05, 4.69) is 10.6 Å². The maximum atomic E-state index is 11.6. The molecule has 0 heterocycles. The van der Waals surface area contributed by atoms with Gasteiger partial charge in [0, 0.05) is 22.8 Å². The minimum Gasteiger partial charge on any atom is -0.338 e. The van der Waals surface area contributed by atoms with Crippen LogP contribution in [0.5, 0.6) is 0 Å². The predicted molar refractivity (Wildman–Crippen MR) is 92.2 cm³/mol. The SMILES string of the molecule is O=C(N/C=C/c1ccccc1Cl)NCCc1ccc(Cl)cc1. The summed E-state index contributed by atoms with van der Waals surface area (Å²) in [5.41, 5.74) is 1.97. The molecule has 22 heavy (non-hydrogen) atoms. The maximum Gasteiger partial charge on any atom is 0.318 e. The van der Waals surface area contributed by atoms with Crippen LogP contribution in [0.25, 0.3) is 6.08 Å². The van der Waals surface area contributed by atoms with Crippen LogP contribution in [-0.4, -0.2) is 12.6 Å². The third-order valence-corrected chi connectivity index (χ3v) is 3.59. The molecule has 0 aromatic heterocycles. The van der Waals surface area contributed by atoms with E-state index < -0.39 is 0 Å². The van der Waals surface area contributed by atoms with Crippen molar-refractivity contribution in [2.24, 2.45) is 0 Å². The Hall–Kier alpha value is -1.97. The number of halogens is 2. The van der Waals surface area contributed by atoms with E-state index in [0.29, 0.717) is 16.6 Å². The maximum absolute atomic E-state index is 11.6. The van der Waals surface area contributed by atoms with Crippen LogP contribution in [-0.2, 0) is 6.42 Å². The fourth-order valence-corrected chi connectivity index (χ4v) is 2.16. The highest BCUT2D eigenvalue weighted by Crippen LogP contribution is 2.15. The summed E-state index contributed by atoms with van der Waals surface area (Å²) < 4.78 is 0. The molecule has 0 unspecified atom stereocenters. The van der Waals surface area contributed by atoms with Crippen LogP contribution in [0.15, 0.2) is 54.7 Å². The van der Waals surface area contributed by atoms with Crippen molar-refractivity contribution in [2.45, 2.75) is 6.42 Å². The Morgan fingerprint density at radius 1 is 1.05 bits per heavy atom. The van der Waals surface area contributed by atoms with Crippen LogP contribution in [0, 0.1) is 0 Å². The van der Waals surface area contributed by atoms with E-state index >= 15 is 0 Å². The Labute approximate surface area is 139 Å². The van der Waals surface area contributed by atoms with E-state index in [9.17, 15) is 4.79 Å². The number of nitrogens with one attached hydrogen (secondary N) is 2. The Kier molecular flexibility index (Phi) is 6.31. The second-order valence-electron chi connectivity index (χ2n) is 4.63. The molecule has 0 bridgehead atoms. The normalized spacial score (nSPS) is 10.6. The molecule has 0 aliphatic heterocycles. The molecule has 0 saturated carbocycles. The Balaban J connectivity index is 1.72. The Morgan fingerprint density at radius 3 is 2.50 bits per heavy atom. The zero-order valence-electron chi connectivity index (χ0n) is 11.9. The van der Waals surface area contributed by atoms with Gasteiger partial charge in [-0.05, 0) is 41.8 Å². The molecule has 3 nitrogen and oxygen atoms in total. The number of benzene rings is 2. The van der Waals surface area contributed by atoms with Crippen molar-refractivity contribution in [3.8, 4) is 0 Å². The monoisotopic (exact) mass is 334 g/mol. The molecule has 2 amide bonds.